The van der Waals surface area contributed by atoms with Crippen LogP contribution < -0.4 is 15.5 Å². The Hall–Kier alpha value is -2.02. The van der Waals surface area contributed by atoms with Crippen LogP contribution in [0.2, 0.25) is 0 Å². The number of piperazine rings is 1. The minimum Gasteiger partial charge on any atom is -0.357 e. The number of aromatic nitrogens is 2. The van der Waals surface area contributed by atoms with Crippen LogP contribution in [0.1, 0.15) is 25.2 Å². The van der Waals surface area contributed by atoms with E-state index in [1.807, 2.05) is 6.92 Å². The molecule has 2 heterocycles. The Morgan fingerprint density at radius 3 is 2.66 bits per heavy atom. The maximum Gasteiger partial charge on any atom is 0.224 e. The fourth-order valence-corrected chi connectivity index (χ4v) is 4.11. The molecule has 1 amide bonds. The first-order valence-corrected chi connectivity index (χ1v) is 11.5. The lowest BCUT2D eigenvalue weighted by Gasteiger charge is -2.36. The monoisotopic (exact) mass is 575 g/mol. The van der Waals surface area contributed by atoms with Crippen molar-refractivity contribution in [3.63, 3.8) is 0 Å². The predicted octanol–water partition coefficient (Wildman–Crippen LogP) is 2.30. The van der Waals surface area contributed by atoms with E-state index in [4.69, 9.17) is 0 Å². The van der Waals surface area contributed by atoms with Crippen LogP contribution in [0.15, 0.2) is 29.3 Å². The van der Waals surface area contributed by atoms with Gasteiger partial charge in [0.05, 0.1) is 13.0 Å². The highest BCUT2D eigenvalue weighted by Gasteiger charge is 2.22. The minimum absolute atomic E-state index is 0. The molecular formula is C21H31FIN7OS. The molecule has 0 radical (unpaired) electrons. The molecule has 11 heteroatoms. The maximum absolute atomic E-state index is 13.2. The van der Waals surface area contributed by atoms with Gasteiger partial charge in [-0.25, -0.2) is 9.37 Å². The van der Waals surface area contributed by atoms with Crippen LogP contribution in [-0.2, 0) is 17.6 Å². The average Bonchev–Trinajstić information content (AvgIpc) is 3.25. The number of halogens is 2. The number of hydrogen-bond acceptors (Lipinski definition) is 6. The third-order valence-corrected chi connectivity index (χ3v) is 5.72. The summed E-state index contributed by atoms with van der Waals surface area (Å²) in [6.45, 7) is 9.23. The fourth-order valence-electron chi connectivity index (χ4n) is 3.30. The number of hydrogen-bond donors (Lipinski definition) is 2. The molecule has 1 saturated heterocycles. The van der Waals surface area contributed by atoms with Crippen molar-refractivity contribution < 1.29 is 9.18 Å². The predicted molar refractivity (Wildman–Crippen MR) is 138 cm³/mol. The molecule has 1 aliphatic rings. The van der Waals surface area contributed by atoms with Crippen LogP contribution >= 0.6 is 35.5 Å². The number of aryl methyl sites for hydroxylation is 1. The highest BCUT2D eigenvalue weighted by Crippen LogP contribution is 2.19. The van der Waals surface area contributed by atoms with Gasteiger partial charge in [-0.15, -0.1) is 24.0 Å². The summed E-state index contributed by atoms with van der Waals surface area (Å²) < 4.78 is 17.6. The van der Waals surface area contributed by atoms with E-state index in [-0.39, 0.29) is 42.1 Å². The first-order valence-electron chi connectivity index (χ1n) is 10.7. The van der Waals surface area contributed by atoms with Crippen molar-refractivity contribution in [3.8, 4) is 0 Å². The largest absolute Gasteiger partial charge is 0.357 e. The van der Waals surface area contributed by atoms with Crippen molar-refractivity contribution in [2.24, 2.45) is 4.99 Å². The quantitative estimate of drug-likeness (QED) is 0.218. The van der Waals surface area contributed by atoms with E-state index in [9.17, 15) is 9.18 Å². The summed E-state index contributed by atoms with van der Waals surface area (Å²) in [6, 6.07) is 6.10. The zero-order chi connectivity index (χ0) is 22.1. The van der Waals surface area contributed by atoms with Gasteiger partial charge in [0.15, 0.2) is 5.96 Å². The van der Waals surface area contributed by atoms with Gasteiger partial charge in [-0.05, 0) is 24.6 Å². The molecule has 1 fully saturated rings. The number of nitrogens with one attached hydrogen (secondary N) is 2. The van der Waals surface area contributed by atoms with Crippen molar-refractivity contribution in [1.29, 1.82) is 0 Å². The van der Waals surface area contributed by atoms with Crippen molar-refractivity contribution in [3.05, 3.63) is 41.5 Å². The average molecular weight is 575 g/mol. The first kappa shape index (κ1) is 26.2. The zero-order valence-electron chi connectivity index (χ0n) is 18.5. The number of benzene rings is 1. The number of nitrogens with zero attached hydrogens (tertiary/aromatic N) is 5. The summed E-state index contributed by atoms with van der Waals surface area (Å²) in [7, 11) is 0. The number of carbonyl (C=O) groups is 1. The molecular weight excluding hydrogens is 544 g/mol. The Labute approximate surface area is 209 Å². The smallest absolute Gasteiger partial charge is 0.224 e. The van der Waals surface area contributed by atoms with E-state index in [0.29, 0.717) is 18.7 Å². The maximum atomic E-state index is 13.2. The van der Waals surface area contributed by atoms with Crippen molar-refractivity contribution in [2.75, 3.05) is 50.7 Å². The summed E-state index contributed by atoms with van der Waals surface area (Å²) in [4.78, 5) is 25.8. The molecule has 0 bridgehead atoms. The molecule has 3 rings (SSSR count). The lowest BCUT2D eigenvalue weighted by molar-refractivity contribution is -0.120. The van der Waals surface area contributed by atoms with Crippen LogP contribution in [0.25, 0.3) is 0 Å². The zero-order valence-corrected chi connectivity index (χ0v) is 21.7. The highest BCUT2D eigenvalue weighted by molar-refractivity contribution is 14.0. The molecule has 176 valence electrons. The normalized spacial score (nSPS) is 14.2. The Bertz CT molecular complexity index is 887. The van der Waals surface area contributed by atoms with Crippen LogP contribution in [0.5, 0.6) is 0 Å². The second-order valence-corrected chi connectivity index (χ2v) is 7.94. The van der Waals surface area contributed by atoms with Gasteiger partial charge in [0.1, 0.15) is 11.6 Å². The summed E-state index contributed by atoms with van der Waals surface area (Å²) >= 11 is 1.46. The molecule has 1 aromatic carbocycles. The summed E-state index contributed by atoms with van der Waals surface area (Å²) in [5, 5.41) is 7.17. The number of aliphatic imine (C=N–C) groups is 1. The van der Waals surface area contributed by atoms with Crippen LogP contribution in [-0.4, -0.2) is 71.9 Å². The van der Waals surface area contributed by atoms with Gasteiger partial charge < -0.3 is 20.4 Å². The third kappa shape index (κ3) is 7.84. The molecule has 8 nitrogen and oxygen atoms in total. The van der Waals surface area contributed by atoms with Crippen LogP contribution in [0.4, 0.5) is 9.52 Å². The minimum atomic E-state index is -0.331. The van der Waals surface area contributed by atoms with Gasteiger partial charge in [-0.2, -0.15) is 4.37 Å². The molecule has 0 spiro atoms. The van der Waals surface area contributed by atoms with Crippen molar-refractivity contribution in [2.45, 2.75) is 26.7 Å². The second-order valence-electron chi connectivity index (χ2n) is 7.21. The molecule has 0 saturated carbocycles. The molecule has 2 aromatic rings. The summed E-state index contributed by atoms with van der Waals surface area (Å²) in [6.07, 6.45) is 1.02. The fraction of sp³-hybridized carbons (Fsp3) is 0.524. The SMILES string of the molecule is CCNC(=NCCNC(=O)Cc1cccc(F)c1)N1CCN(c2nc(CC)ns2)CC1.I. The lowest BCUT2D eigenvalue weighted by Crippen LogP contribution is -2.52. The molecule has 0 unspecified atom stereocenters. The van der Waals surface area contributed by atoms with E-state index in [2.05, 4.69) is 41.7 Å². The Morgan fingerprint density at radius 2 is 2.00 bits per heavy atom. The van der Waals surface area contributed by atoms with Crippen LogP contribution in [0.3, 0.4) is 0 Å². The standard InChI is InChI=1S/C21H30FN7OS.HI/c1-3-18-26-21(31-27-18)29-12-10-28(11-13-29)20(23-4-2)25-9-8-24-19(30)15-16-6-5-7-17(22)14-16;/h5-7,14H,3-4,8-13,15H2,1-2H3,(H,23,25)(H,24,30);1H. The molecule has 0 aliphatic carbocycles. The van der Waals surface area contributed by atoms with Gasteiger partial charge in [-0.3, -0.25) is 9.79 Å². The van der Waals surface area contributed by atoms with Crippen molar-refractivity contribution in [1.82, 2.24) is 24.9 Å². The van der Waals surface area contributed by atoms with E-state index in [1.54, 1.807) is 12.1 Å². The van der Waals surface area contributed by atoms with E-state index in [1.165, 1.54) is 23.7 Å². The van der Waals surface area contributed by atoms with Gasteiger partial charge in [0, 0.05) is 57.2 Å². The number of amides is 1. The van der Waals surface area contributed by atoms with Gasteiger partial charge in [0.2, 0.25) is 11.0 Å². The number of anilines is 1. The number of guanidine groups is 1. The van der Waals surface area contributed by atoms with Gasteiger partial charge in [-0.1, -0.05) is 19.1 Å². The van der Waals surface area contributed by atoms with Gasteiger partial charge >= 0.3 is 0 Å². The Kier molecular flexibility index (Phi) is 11.1. The summed E-state index contributed by atoms with van der Waals surface area (Å²) in [5.74, 6) is 1.29. The van der Waals surface area contributed by atoms with E-state index < -0.39 is 0 Å². The Morgan fingerprint density at radius 1 is 1.22 bits per heavy atom. The topological polar surface area (TPSA) is 85.8 Å². The highest BCUT2D eigenvalue weighted by atomic mass is 127. The molecule has 32 heavy (non-hydrogen) atoms. The number of carbonyl (C=O) groups excluding carboxylic acids is 1. The lowest BCUT2D eigenvalue weighted by atomic mass is 10.1. The first-order chi connectivity index (χ1) is 15.1. The van der Waals surface area contributed by atoms with Gasteiger partial charge in [0.25, 0.3) is 0 Å². The molecule has 1 aromatic heterocycles. The second kappa shape index (κ2) is 13.5. The Balaban J connectivity index is 0.00000363. The van der Waals surface area contributed by atoms with Crippen molar-refractivity contribution >= 4 is 52.5 Å². The molecule has 0 atom stereocenters. The summed E-state index contributed by atoms with van der Waals surface area (Å²) in [5.41, 5.74) is 0.661. The third-order valence-electron chi connectivity index (χ3n) is 4.91. The molecule has 1 aliphatic heterocycles. The van der Waals surface area contributed by atoms with Crippen LogP contribution in [0, 0.1) is 5.82 Å². The number of rotatable bonds is 8. The van der Waals surface area contributed by atoms with E-state index >= 15 is 0 Å². The molecule has 2 N–H and O–H groups in total. The van der Waals surface area contributed by atoms with E-state index in [0.717, 1.165) is 56.1 Å².